The van der Waals surface area contributed by atoms with E-state index in [9.17, 15) is 26.4 Å². The van der Waals surface area contributed by atoms with Crippen molar-refractivity contribution in [2.45, 2.75) is 37.9 Å². The summed E-state index contributed by atoms with van der Waals surface area (Å²) in [7, 11) is -4.31. The summed E-state index contributed by atoms with van der Waals surface area (Å²) in [5, 5.41) is 2.63. The number of alkyl halides is 3. The lowest BCUT2D eigenvalue weighted by molar-refractivity contribution is -0.137. The Bertz CT molecular complexity index is 1040. The molecular formula is C21H25F3N2O5S. The van der Waals surface area contributed by atoms with Crippen LogP contribution in [0.5, 0.6) is 11.5 Å². The summed E-state index contributed by atoms with van der Waals surface area (Å²) >= 11 is 0. The molecule has 0 aliphatic heterocycles. The molecule has 2 aromatic carbocycles. The molecule has 2 rings (SSSR count). The van der Waals surface area contributed by atoms with Gasteiger partial charge in [0.25, 0.3) is 0 Å². The molecule has 1 amide bonds. The van der Waals surface area contributed by atoms with Crippen molar-refractivity contribution in [3.05, 3.63) is 53.6 Å². The van der Waals surface area contributed by atoms with Gasteiger partial charge in [0.05, 0.1) is 36.3 Å². The normalized spacial score (nSPS) is 12.8. The second-order valence-electron chi connectivity index (χ2n) is 6.71. The number of benzene rings is 2. The van der Waals surface area contributed by atoms with Gasteiger partial charge in [0.15, 0.2) is 11.5 Å². The van der Waals surface area contributed by atoms with Gasteiger partial charge in [-0.3, -0.25) is 4.79 Å². The summed E-state index contributed by atoms with van der Waals surface area (Å²) in [4.78, 5) is 11.7. The first-order valence-corrected chi connectivity index (χ1v) is 11.3. The van der Waals surface area contributed by atoms with Crippen LogP contribution < -0.4 is 19.5 Å². The molecule has 2 N–H and O–H groups in total. The van der Waals surface area contributed by atoms with E-state index in [0.29, 0.717) is 36.3 Å². The molecule has 0 aliphatic rings. The van der Waals surface area contributed by atoms with Crippen LogP contribution in [-0.2, 0) is 21.0 Å². The molecule has 7 nitrogen and oxygen atoms in total. The second-order valence-corrected chi connectivity index (χ2v) is 8.48. The molecule has 0 saturated carbocycles. The van der Waals surface area contributed by atoms with Gasteiger partial charge in [0.2, 0.25) is 15.9 Å². The van der Waals surface area contributed by atoms with E-state index in [1.165, 1.54) is 0 Å². The van der Waals surface area contributed by atoms with Crippen molar-refractivity contribution in [3.8, 4) is 11.5 Å². The van der Waals surface area contributed by atoms with Gasteiger partial charge in [-0.1, -0.05) is 12.1 Å². The number of rotatable bonds is 10. The van der Waals surface area contributed by atoms with Gasteiger partial charge in [-0.25, -0.2) is 13.1 Å². The SMILES string of the molecule is CCOc1ccc(C(C)NC(=O)CNS(=O)(=O)c2cccc(C(F)(F)F)c2)cc1OCC. The Kier molecular flexibility index (Phi) is 8.51. The van der Waals surface area contributed by atoms with Crippen molar-refractivity contribution < 1.29 is 35.9 Å². The van der Waals surface area contributed by atoms with E-state index >= 15 is 0 Å². The van der Waals surface area contributed by atoms with Crippen LogP contribution in [-0.4, -0.2) is 34.1 Å². The molecule has 176 valence electrons. The number of halogens is 3. The van der Waals surface area contributed by atoms with Gasteiger partial charge in [0.1, 0.15) is 0 Å². The molecular weight excluding hydrogens is 449 g/mol. The lowest BCUT2D eigenvalue weighted by atomic mass is 10.1. The first-order chi connectivity index (χ1) is 15.0. The Labute approximate surface area is 185 Å². The maximum absolute atomic E-state index is 12.8. The fraction of sp³-hybridized carbons (Fsp3) is 0.381. The van der Waals surface area contributed by atoms with Gasteiger partial charge < -0.3 is 14.8 Å². The van der Waals surface area contributed by atoms with Crippen molar-refractivity contribution in [2.24, 2.45) is 0 Å². The number of carbonyl (C=O) groups excluding carboxylic acids is 1. The van der Waals surface area contributed by atoms with E-state index in [1.54, 1.807) is 25.1 Å². The predicted molar refractivity (Wildman–Crippen MR) is 112 cm³/mol. The van der Waals surface area contributed by atoms with Crippen molar-refractivity contribution >= 4 is 15.9 Å². The van der Waals surface area contributed by atoms with Gasteiger partial charge in [-0.2, -0.15) is 13.2 Å². The smallest absolute Gasteiger partial charge is 0.416 e. The first kappa shape index (κ1) is 25.5. The van der Waals surface area contributed by atoms with Crippen LogP contribution >= 0.6 is 0 Å². The minimum Gasteiger partial charge on any atom is -0.490 e. The second kappa shape index (κ2) is 10.7. The zero-order chi connectivity index (χ0) is 23.9. The van der Waals surface area contributed by atoms with E-state index in [2.05, 4.69) is 5.32 Å². The average molecular weight is 475 g/mol. The summed E-state index contributed by atoms with van der Waals surface area (Å²) in [5.41, 5.74) is -0.398. The molecule has 0 spiro atoms. The summed E-state index contributed by atoms with van der Waals surface area (Å²) < 4.78 is 76.1. The lowest BCUT2D eigenvalue weighted by Gasteiger charge is -2.18. The molecule has 11 heteroatoms. The van der Waals surface area contributed by atoms with Crippen molar-refractivity contribution in [1.29, 1.82) is 0 Å². The molecule has 0 radical (unpaired) electrons. The van der Waals surface area contributed by atoms with Crippen LogP contribution in [0.15, 0.2) is 47.4 Å². The third kappa shape index (κ3) is 6.86. The topological polar surface area (TPSA) is 93.7 Å². The Morgan fingerprint density at radius 1 is 1.03 bits per heavy atom. The highest BCUT2D eigenvalue weighted by Crippen LogP contribution is 2.31. The minimum absolute atomic E-state index is 0.418. The molecule has 0 heterocycles. The number of nitrogens with one attached hydrogen (secondary N) is 2. The van der Waals surface area contributed by atoms with E-state index in [-0.39, 0.29) is 0 Å². The van der Waals surface area contributed by atoms with Gasteiger partial charge in [0, 0.05) is 0 Å². The minimum atomic E-state index is -4.68. The van der Waals surface area contributed by atoms with Gasteiger partial charge in [-0.05, 0) is 56.7 Å². The van der Waals surface area contributed by atoms with Crippen LogP contribution in [0.2, 0.25) is 0 Å². The van der Waals surface area contributed by atoms with E-state index < -0.39 is 45.2 Å². The van der Waals surface area contributed by atoms with Crippen LogP contribution in [0.4, 0.5) is 13.2 Å². The number of carbonyl (C=O) groups is 1. The van der Waals surface area contributed by atoms with Crippen molar-refractivity contribution in [1.82, 2.24) is 10.0 Å². The number of hydrogen-bond acceptors (Lipinski definition) is 5. The molecule has 1 atom stereocenters. The van der Waals surface area contributed by atoms with Gasteiger partial charge in [-0.15, -0.1) is 0 Å². The van der Waals surface area contributed by atoms with Crippen LogP contribution in [0, 0.1) is 0 Å². The molecule has 2 aromatic rings. The summed E-state index contributed by atoms with van der Waals surface area (Å²) in [6.45, 7) is 5.60. The highest BCUT2D eigenvalue weighted by atomic mass is 32.2. The molecule has 0 aliphatic carbocycles. The van der Waals surface area contributed by atoms with E-state index in [4.69, 9.17) is 9.47 Å². The predicted octanol–water partition coefficient (Wildman–Crippen LogP) is 3.66. The molecule has 0 saturated heterocycles. The highest BCUT2D eigenvalue weighted by molar-refractivity contribution is 7.89. The average Bonchev–Trinajstić information content (AvgIpc) is 2.73. The fourth-order valence-corrected chi connectivity index (χ4v) is 3.82. The Hall–Kier alpha value is -2.79. The standard InChI is InChI=1S/C21H25F3N2O5S/c1-4-30-18-10-9-15(11-19(18)31-5-2)14(3)26-20(27)13-25-32(28,29)17-8-6-7-16(12-17)21(22,23)24/h6-12,14,25H,4-5,13H2,1-3H3,(H,26,27). The van der Waals surface area contributed by atoms with Crippen LogP contribution in [0.3, 0.4) is 0 Å². The molecule has 32 heavy (non-hydrogen) atoms. The summed E-state index contributed by atoms with van der Waals surface area (Å²) in [6.07, 6.45) is -4.68. The Morgan fingerprint density at radius 3 is 2.31 bits per heavy atom. The highest BCUT2D eigenvalue weighted by Gasteiger charge is 2.31. The van der Waals surface area contributed by atoms with E-state index in [0.717, 1.165) is 18.2 Å². The maximum Gasteiger partial charge on any atom is 0.416 e. The molecule has 1 unspecified atom stereocenters. The molecule has 0 bridgehead atoms. The van der Waals surface area contributed by atoms with Crippen LogP contribution in [0.25, 0.3) is 0 Å². The third-order valence-corrected chi connectivity index (χ3v) is 5.74. The van der Waals surface area contributed by atoms with Crippen LogP contribution in [0.1, 0.15) is 37.9 Å². The zero-order valence-corrected chi connectivity index (χ0v) is 18.6. The van der Waals surface area contributed by atoms with E-state index in [1.807, 2.05) is 18.6 Å². The summed E-state index contributed by atoms with van der Waals surface area (Å²) in [5.74, 6) is 0.420. The maximum atomic E-state index is 12.8. The number of ether oxygens (including phenoxy) is 2. The molecule has 0 aromatic heterocycles. The Balaban J connectivity index is 2.04. The molecule has 0 fully saturated rings. The largest absolute Gasteiger partial charge is 0.490 e. The quantitative estimate of drug-likeness (QED) is 0.548. The Morgan fingerprint density at radius 2 is 1.69 bits per heavy atom. The first-order valence-electron chi connectivity index (χ1n) is 9.83. The van der Waals surface area contributed by atoms with Gasteiger partial charge >= 0.3 is 6.18 Å². The lowest BCUT2D eigenvalue weighted by Crippen LogP contribution is -2.38. The number of amides is 1. The summed E-state index contributed by atoms with van der Waals surface area (Å²) in [6, 6.07) is 7.96. The number of sulfonamides is 1. The van der Waals surface area contributed by atoms with Crippen molar-refractivity contribution in [3.63, 3.8) is 0 Å². The fourth-order valence-electron chi connectivity index (χ4n) is 2.80. The number of hydrogen-bond donors (Lipinski definition) is 2. The van der Waals surface area contributed by atoms with Crippen molar-refractivity contribution in [2.75, 3.05) is 19.8 Å². The third-order valence-electron chi connectivity index (χ3n) is 4.34. The zero-order valence-electron chi connectivity index (χ0n) is 17.8. The monoisotopic (exact) mass is 474 g/mol.